The largest absolute Gasteiger partial charge is 0.349 e. The normalized spacial score (nSPS) is 10.8. The van der Waals surface area contributed by atoms with Crippen molar-refractivity contribution in [2.45, 2.75) is 20.4 Å². The van der Waals surface area contributed by atoms with E-state index in [4.69, 9.17) is 0 Å². The average molecular weight is 254 g/mol. The number of nitrogens with zero attached hydrogens (tertiary/aromatic N) is 5. The van der Waals surface area contributed by atoms with E-state index in [1.165, 1.54) is 0 Å². The number of pyridine rings is 1. The van der Waals surface area contributed by atoms with E-state index in [1.54, 1.807) is 10.7 Å². The van der Waals surface area contributed by atoms with Crippen LogP contribution in [0, 0.1) is 13.8 Å². The van der Waals surface area contributed by atoms with Gasteiger partial charge in [0.05, 0.1) is 0 Å². The zero-order valence-corrected chi connectivity index (χ0v) is 10.8. The standard InChI is InChI=1S/C13H14N6/c1-9-6-10(2)19-13(16-9)17-12(18-19)15-8-11-4-3-5-14-7-11/h3-7H,8H2,1-2H3,(H,15,18). The Morgan fingerprint density at radius 2 is 2.16 bits per heavy atom. The molecule has 0 saturated carbocycles. The van der Waals surface area contributed by atoms with Gasteiger partial charge < -0.3 is 5.32 Å². The molecule has 0 fully saturated rings. The maximum absolute atomic E-state index is 4.38. The van der Waals surface area contributed by atoms with E-state index in [9.17, 15) is 0 Å². The van der Waals surface area contributed by atoms with Crippen molar-refractivity contribution < 1.29 is 0 Å². The number of hydrogen-bond donors (Lipinski definition) is 1. The monoisotopic (exact) mass is 254 g/mol. The lowest BCUT2D eigenvalue weighted by Crippen LogP contribution is -2.01. The molecule has 0 spiro atoms. The van der Waals surface area contributed by atoms with Crippen LogP contribution in [0.3, 0.4) is 0 Å². The maximum atomic E-state index is 4.38. The number of nitrogens with one attached hydrogen (secondary N) is 1. The van der Waals surface area contributed by atoms with Crippen LogP contribution in [0.1, 0.15) is 17.0 Å². The SMILES string of the molecule is Cc1cc(C)n2nc(NCc3cccnc3)nc2n1. The maximum Gasteiger partial charge on any atom is 0.254 e. The van der Waals surface area contributed by atoms with E-state index in [2.05, 4.69) is 25.4 Å². The second-order valence-electron chi connectivity index (χ2n) is 4.40. The van der Waals surface area contributed by atoms with E-state index in [-0.39, 0.29) is 0 Å². The Labute approximate surface area is 110 Å². The summed E-state index contributed by atoms with van der Waals surface area (Å²) >= 11 is 0. The molecule has 19 heavy (non-hydrogen) atoms. The van der Waals surface area contributed by atoms with Crippen molar-refractivity contribution in [2.24, 2.45) is 0 Å². The molecule has 6 heteroatoms. The molecule has 3 aromatic heterocycles. The zero-order valence-electron chi connectivity index (χ0n) is 10.8. The lowest BCUT2D eigenvalue weighted by atomic mass is 10.3. The van der Waals surface area contributed by atoms with E-state index in [0.29, 0.717) is 18.3 Å². The van der Waals surface area contributed by atoms with E-state index in [1.807, 2.05) is 38.2 Å². The van der Waals surface area contributed by atoms with Gasteiger partial charge in [-0.3, -0.25) is 4.98 Å². The van der Waals surface area contributed by atoms with Crippen LogP contribution in [-0.4, -0.2) is 24.6 Å². The minimum absolute atomic E-state index is 0.574. The molecule has 0 bridgehead atoms. The number of aromatic nitrogens is 5. The van der Waals surface area contributed by atoms with Gasteiger partial charge in [-0.05, 0) is 31.5 Å². The highest BCUT2D eigenvalue weighted by Crippen LogP contribution is 2.09. The minimum Gasteiger partial charge on any atom is -0.349 e. The van der Waals surface area contributed by atoms with Crippen molar-refractivity contribution in [2.75, 3.05) is 5.32 Å². The smallest absolute Gasteiger partial charge is 0.254 e. The third kappa shape index (κ3) is 2.37. The summed E-state index contributed by atoms with van der Waals surface area (Å²) in [6.07, 6.45) is 3.57. The van der Waals surface area contributed by atoms with Crippen molar-refractivity contribution in [1.29, 1.82) is 0 Å². The Kier molecular flexibility index (Phi) is 2.83. The summed E-state index contributed by atoms with van der Waals surface area (Å²) < 4.78 is 1.73. The molecule has 3 rings (SSSR count). The molecule has 0 atom stereocenters. The quantitative estimate of drug-likeness (QED) is 0.771. The van der Waals surface area contributed by atoms with Gasteiger partial charge in [0.25, 0.3) is 5.78 Å². The zero-order chi connectivity index (χ0) is 13.2. The highest BCUT2D eigenvalue weighted by atomic mass is 15.4. The van der Waals surface area contributed by atoms with Gasteiger partial charge in [0.15, 0.2) is 0 Å². The highest BCUT2D eigenvalue weighted by Gasteiger charge is 2.07. The molecule has 0 aliphatic heterocycles. The van der Waals surface area contributed by atoms with Crippen LogP contribution in [0.5, 0.6) is 0 Å². The van der Waals surface area contributed by atoms with Crippen LogP contribution in [0.25, 0.3) is 5.78 Å². The number of fused-ring (bicyclic) bond motifs is 1. The summed E-state index contributed by atoms with van der Waals surface area (Å²) in [4.78, 5) is 12.8. The molecule has 0 amide bonds. The summed E-state index contributed by atoms with van der Waals surface area (Å²) in [5.74, 6) is 1.19. The molecule has 0 saturated heterocycles. The van der Waals surface area contributed by atoms with Crippen LogP contribution < -0.4 is 5.32 Å². The van der Waals surface area contributed by atoms with Gasteiger partial charge in [-0.1, -0.05) is 6.07 Å². The number of anilines is 1. The van der Waals surface area contributed by atoms with Crippen molar-refractivity contribution in [3.05, 3.63) is 47.5 Å². The fraction of sp³-hybridized carbons (Fsp3) is 0.231. The molecular weight excluding hydrogens is 240 g/mol. The lowest BCUT2D eigenvalue weighted by Gasteiger charge is -2.00. The Balaban J connectivity index is 1.84. The Hall–Kier alpha value is -2.50. The third-order valence-corrected chi connectivity index (χ3v) is 2.79. The summed E-state index contributed by atoms with van der Waals surface area (Å²) in [7, 11) is 0. The molecule has 96 valence electrons. The fourth-order valence-electron chi connectivity index (χ4n) is 1.93. The second kappa shape index (κ2) is 4.64. The Morgan fingerprint density at radius 1 is 1.26 bits per heavy atom. The molecule has 0 unspecified atom stereocenters. The van der Waals surface area contributed by atoms with Gasteiger partial charge in [0, 0.05) is 30.3 Å². The van der Waals surface area contributed by atoms with Gasteiger partial charge in [0.2, 0.25) is 5.95 Å². The minimum atomic E-state index is 0.574. The lowest BCUT2D eigenvalue weighted by molar-refractivity contribution is 0.882. The summed E-state index contributed by atoms with van der Waals surface area (Å²) in [6, 6.07) is 5.89. The fourth-order valence-corrected chi connectivity index (χ4v) is 1.93. The van der Waals surface area contributed by atoms with Gasteiger partial charge in [0.1, 0.15) is 0 Å². The molecule has 1 N–H and O–H groups in total. The van der Waals surface area contributed by atoms with Crippen molar-refractivity contribution in [3.8, 4) is 0 Å². The molecule has 0 radical (unpaired) electrons. The first-order chi connectivity index (χ1) is 9.22. The van der Waals surface area contributed by atoms with Crippen molar-refractivity contribution in [3.63, 3.8) is 0 Å². The van der Waals surface area contributed by atoms with Gasteiger partial charge >= 0.3 is 0 Å². The van der Waals surface area contributed by atoms with Crippen LogP contribution in [0.15, 0.2) is 30.6 Å². The number of rotatable bonds is 3. The third-order valence-electron chi connectivity index (χ3n) is 2.79. The van der Waals surface area contributed by atoms with Gasteiger partial charge in [-0.25, -0.2) is 4.98 Å². The molecular formula is C13H14N6. The van der Waals surface area contributed by atoms with E-state index in [0.717, 1.165) is 17.0 Å². The topological polar surface area (TPSA) is 68.0 Å². The first-order valence-corrected chi connectivity index (χ1v) is 6.06. The second-order valence-corrected chi connectivity index (χ2v) is 4.40. The molecule has 6 nitrogen and oxygen atoms in total. The van der Waals surface area contributed by atoms with Gasteiger partial charge in [-0.15, -0.1) is 5.10 Å². The van der Waals surface area contributed by atoms with Crippen LogP contribution in [-0.2, 0) is 6.54 Å². The molecule has 3 heterocycles. The average Bonchev–Trinajstić information content (AvgIpc) is 2.81. The highest BCUT2D eigenvalue weighted by molar-refractivity contribution is 5.39. The molecule has 0 aliphatic carbocycles. The molecule has 3 aromatic rings. The van der Waals surface area contributed by atoms with Crippen molar-refractivity contribution >= 4 is 11.7 Å². The van der Waals surface area contributed by atoms with Crippen LogP contribution in [0.4, 0.5) is 5.95 Å². The Morgan fingerprint density at radius 3 is 2.95 bits per heavy atom. The predicted molar refractivity (Wildman–Crippen MR) is 71.8 cm³/mol. The molecule has 0 aromatic carbocycles. The van der Waals surface area contributed by atoms with E-state index >= 15 is 0 Å². The van der Waals surface area contributed by atoms with Crippen LogP contribution in [0.2, 0.25) is 0 Å². The summed E-state index contributed by atoms with van der Waals surface area (Å²) in [6.45, 7) is 4.58. The summed E-state index contributed by atoms with van der Waals surface area (Å²) in [5, 5.41) is 7.55. The predicted octanol–water partition coefficient (Wildman–Crippen LogP) is 1.75. The molecule has 0 aliphatic rings. The van der Waals surface area contributed by atoms with Gasteiger partial charge in [-0.2, -0.15) is 9.50 Å². The van der Waals surface area contributed by atoms with Crippen molar-refractivity contribution in [1.82, 2.24) is 24.6 Å². The number of hydrogen-bond acceptors (Lipinski definition) is 5. The first-order valence-electron chi connectivity index (χ1n) is 6.06. The Bertz CT molecular complexity index is 704. The van der Waals surface area contributed by atoms with E-state index < -0.39 is 0 Å². The number of aryl methyl sites for hydroxylation is 2. The summed E-state index contributed by atoms with van der Waals surface area (Å²) in [5.41, 5.74) is 3.04. The first kappa shape index (κ1) is 11.6. The van der Waals surface area contributed by atoms with Crippen LogP contribution >= 0.6 is 0 Å².